The van der Waals surface area contributed by atoms with Crippen LogP contribution >= 0.6 is 24.0 Å². The summed E-state index contributed by atoms with van der Waals surface area (Å²) in [6.45, 7) is 11.9. The third kappa shape index (κ3) is 11.7. The van der Waals surface area contributed by atoms with E-state index in [2.05, 4.69) is 53.4 Å². The standard InChI is InChI=1S/C21H38N4O2.HI/c1-6-25(7-2)14-8-9-18(3)24-21(22-4)23-17-19-10-12-20(13-11-19)27-16-15-26-5;/h10-13,18H,6-9,14-17H2,1-5H3,(H2,22,23,24);1H. The maximum atomic E-state index is 5.59. The first-order chi connectivity index (χ1) is 13.1. The molecule has 7 heteroatoms. The Bertz CT molecular complexity index is 522. The van der Waals surface area contributed by atoms with Gasteiger partial charge in [0, 0.05) is 26.7 Å². The fourth-order valence-corrected chi connectivity index (χ4v) is 2.79. The van der Waals surface area contributed by atoms with Gasteiger partial charge < -0.3 is 25.0 Å². The summed E-state index contributed by atoms with van der Waals surface area (Å²) in [4.78, 5) is 6.79. The Hall–Kier alpha value is -1.06. The average Bonchev–Trinajstić information content (AvgIpc) is 2.69. The van der Waals surface area contributed by atoms with Crippen LogP contribution in [0.4, 0.5) is 0 Å². The first kappa shape index (κ1) is 26.9. The summed E-state index contributed by atoms with van der Waals surface area (Å²) in [7, 11) is 3.48. The van der Waals surface area contributed by atoms with Crippen LogP contribution in [-0.2, 0) is 11.3 Å². The average molecular weight is 506 g/mol. The quantitative estimate of drug-likeness (QED) is 0.186. The molecular formula is C21H39IN4O2. The lowest BCUT2D eigenvalue weighted by Crippen LogP contribution is -2.42. The SMILES string of the molecule is CCN(CC)CCCC(C)NC(=NC)NCc1ccc(OCCOC)cc1.I. The van der Waals surface area contributed by atoms with Crippen LogP contribution in [0.15, 0.2) is 29.3 Å². The Morgan fingerprint density at radius 2 is 1.82 bits per heavy atom. The second kappa shape index (κ2) is 16.9. The lowest BCUT2D eigenvalue weighted by molar-refractivity contribution is 0.146. The number of methoxy groups -OCH3 is 1. The van der Waals surface area contributed by atoms with Crippen LogP contribution in [0.1, 0.15) is 39.2 Å². The maximum Gasteiger partial charge on any atom is 0.191 e. The predicted octanol–water partition coefficient (Wildman–Crippen LogP) is 3.51. The number of nitrogens with zero attached hydrogens (tertiary/aromatic N) is 2. The first-order valence-corrected chi connectivity index (χ1v) is 10.0. The summed E-state index contributed by atoms with van der Waals surface area (Å²) >= 11 is 0. The molecule has 1 unspecified atom stereocenters. The van der Waals surface area contributed by atoms with Gasteiger partial charge in [0.05, 0.1) is 6.61 Å². The summed E-state index contributed by atoms with van der Waals surface area (Å²) in [5, 5.41) is 6.85. The topological polar surface area (TPSA) is 58.1 Å². The lowest BCUT2D eigenvalue weighted by atomic mass is 10.2. The van der Waals surface area contributed by atoms with Crippen LogP contribution in [0, 0.1) is 0 Å². The number of aliphatic imine (C=N–C) groups is 1. The summed E-state index contributed by atoms with van der Waals surface area (Å²) in [5.41, 5.74) is 1.19. The molecule has 0 radical (unpaired) electrons. The summed E-state index contributed by atoms with van der Waals surface area (Å²) < 4.78 is 10.6. The van der Waals surface area contributed by atoms with Crippen molar-refractivity contribution in [2.24, 2.45) is 4.99 Å². The number of hydrogen-bond acceptors (Lipinski definition) is 4. The van der Waals surface area contributed by atoms with E-state index in [1.165, 1.54) is 12.0 Å². The van der Waals surface area contributed by atoms with E-state index in [4.69, 9.17) is 9.47 Å². The molecule has 0 aromatic heterocycles. The van der Waals surface area contributed by atoms with Crippen molar-refractivity contribution < 1.29 is 9.47 Å². The van der Waals surface area contributed by atoms with Gasteiger partial charge in [0.25, 0.3) is 0 Å². The molecule has 1 rings (SSSR count). The number of halogens is 1. The van der Waals surface area contributed by atoms with Crippen LogP contribution in [0.3, 0.4) is 0 Å². The molecule has 1 atom stereocenters. The molecule has 0 aliphatic carbocycles. The smallest absolute Gasteiger partial charge is 0.191 e. The molecule has 162 valence electrons. The molecule has 0 fully saturated rings. The number of hydrogen-bond donors (Lipinski definition) is 2. The zero-order chi connectivity index (χ0) is 19.9. The number of nitrogens with one attached hydrogen (secondary N) is 2. The molecule has 28 heavy (non-hydrogen) atoms. The zero-order valence-electron chi connectivity index (χ0n) is 18.2. The first-order valence-electron chi connectivity index (χ1n) is 10.0. The van der Waals surface area contributed by atoms with Gasteiger partial charge in [-0.25, -0.2) is 0 Å². The molecule has 0 spiro atoms. The van der Waals surface area contributed by atoms with Gasteiger partial charge in [0.15, 0.2) is 5.96 Å². The largest absolute Gasteiger partial charge is 0.491 e. The molecule has 0 heterocycles. The highest BCUT2D eigenvalue weighted by molar-refractivity contribution is 14.0. The van der Waals surface area contributed by atoms with Gasteiger partial charge in [-0.05, 0) is 57.1 Å². The van der Waals surface area contributed by atoms with E-state index in [0.29, 0.717) is 19.3 Å². The Balaban J connectivity index is 0.00000729. The fourth-order valence-electron chi connectivity index (χ4n) is 2.79. The third-order valence-corrected chi connectivity index (χ3v) is 4.55. The number of benzene rings is 1. The molecule has 0 aliphatic heterocycles. The normalized spacial score (nSPS) is 12.4. The lowest BCUT2D eigenvalue weighted by Gasteiger charge is -2.21. The van der Waals surface area contributed by atoms with Crippen LogP contribution in [0.2, 0.25) is 0 Å². The minimum absolute atomic E-state index is 0. The van der Waals surface area contributed by atoms with E-state index < -0.39 is 0 Å². The van der Waals surface area contributed by atoms with Gasteiger partial charge in [0.2, 0.25) is 0 Å². The van der Waals surface area contributed by atoms with E-state index >= 15 is 0 Å². The Labute approximate surface area is 188 Å². The zero-order valence-corrected chi connectivity index (χ0v) is 20.5. The minimum Gasteiger partial charge on any atom is -0.491 e. The Morgan fingerprint density at radius 1 is 1.14 bits per heavy atom. The number of guanidine groups is 1. The molecule has 1 aromatic rings. The monoisotopic (exact) mass is 506 g/mol. The molecule has 2 N–H and O–H groups in total. The van der Waals surface area contributed by atoms with Gasteiger partial charge >= 0.3 is 0 Å². The van der Waals surface area contributed by atoms with Crippen LogP contribution in [0.5, 0.6) is 5.75 Å². The van der Waals surface area contributed by atoms with Gasteiger partial charge in [0.1, 0.15) is 12.4 Å². The number of ether oxygens (including phenoxy) is 2. The molecule has 0 bridgehead atoms. The van der Waals surface area contributed by atoms with Crippen molar-refractivity contribution in [2.45, 2.75) is 46.2 Å². The van der Waals surface area contributed by atoms with Crippen molar-refractivity contribution in [3.8, 4) is 5.75 Å². The van der Waals surface area contributed by atoms with Crippen LogP contribution < -0.4 is 15.4 Å². The molecule has 0 amide bonds. The van der Waals surface area contributed by atoms with E-state index in [0.717, 1.165) is 44.3 Å². The highest BCUT2D eigenvalue weighted by atomic mass is 127. The second-order valence-corrected chi connectivity index (χ2v) is 6.63. The predicted molar refractivity (Wildman–Crippen MR) is 129 cm³/mol. The fraction of sp³-hybridized carbons (Fsp3) is 0.667. The highest BCUT2D eigenvalue weighted by Crippen LogP contribution is 2.12. The summed E-state index contributed by atoms with van der Waals surface area (Å²) in [6, 6.07) is 8.49. The van der Waals surface area contributed by atoms with Crippen molar-refractivity contribution in [1.82, 2.24) is 15.5 Å². The molecule has 0 saturated carbocycles. The van der Waals surface area contributed by atoms with Gasteiger partial charge in [-0.2, -0.15) is 0 Å². The molecule has 0 saturated heterocycles. The Kier molecular flexibility index (Phi) is 16.2. The van der Waals surface area contributed by atoms with Gasteiger partial charge in [-0.15, -0.1) is 24.0 Å². The number of rotatable bonds is 13. The highest BCUT2D eigenvalue weighted by Gasteiger charge is 2.07. The van der Waals surface area contributed by atoms with Crippen molar-refractivity contribution in [1.29, 1.82) is 0 Å². The van der Waals surface area contributed by atoms with E-state index in [1.807, 2.05) is 19.2 Å². The van der Waals surface area contributed by atoms with Crippen LogP contribution in [0.25, 0.3) is 0 Å². The van der Waals surface area contributed by atoms with Gasteiger partial charge in [-0.1, -0.05) is 26.0 Å². The van der Waals surface area contributed by atoms with E-state index in [-0.39, 0.29) is 24.0 Å². The van der Waals surface area contributed by atoms with E-state index in [9.17, 15) is 0 Å². The molecular weight excluding hydrogens is 467 g/mol. The summed E-state index contributed by atoms with van der Waals surface area (Å²) in [6.07, 6.45) is 2.32. The molecule has 1 aromatic carbocycles. The van der Waals surface area contributed by atoms with Crippen molar-refractivity contribution in [3.05, 3.63) is 29.8 Å². The van der Waals surface area contributed by atoms with E-state index in [1.54, 1.807) is 7.11 Å². The van der Waals surface area contributed by atoms with Crippen LogP contribution in [-0.4, -0.2) is 63.9 Å². The van der Waals surface area contributed by atoms with Gasteiger partial charge in [-0.3, -0.25) is 4.99 Å². The minimum atomic E-state index is 0. The van der Waals surface area contributed by atoms with Crippen molar-refractivity contribution in [2.75, 3.05) is 47.0 Å². The Morgan fingerprint density at radius 3 is 2.39 bits per heavy atom. The van der Waals surface area contributed by atoms with Crippen molar-refractivity contribution >= 4 is 29.9 Å². The summed E-state index contributed by atoms with van der Waals surface area (Å²) in [5.74, 6) is 1.70. The van der Waals surface area contributed by atoms with Crippen molar-refractivity contribution in [3.63, 3.8) is 0 Å². The third-order valence-electron chi connectivity index (χ3n) is 4.55. The maximum absolute atomic E-state index is 5.59. The molecule has 6 nitrogen and oxygen atoms in total. The molecule has 0 aliphatic rings. The second-order valence-electron chi connectivity index (χ2n) is 6.63.